The summed E-state index contributed by atoms with van der Waals surface area (Å²) < 4.78 is 24.1. The van der Waals surface area contributed by atoms with Gasteiger partial charge < -0.3 is 4.57 Å². The van der Waals surface area contributed by atoms with Crippen molar-refractivity contribution in [1.29, 1.82) is 0 Å². The van der Waals surface area contributed by atoms with Gasteiger partial charge in [0.15, 0.2) is 0 Å². The zero-order valence-electron chi connectivity index (χ0n) is 36.8. The number of fused-ring (bicyclic) bond motifs is 10. The Bertz CT molecular complexity index is 3660. The molecule has 312 valence electrons. The molecule has 1 atom stereocenters. The maximum atomic E-state index is 17.3. The van der Waals surface area contributed by atoms with E-state index in [1.165, 1.54) is 55.3 Å². The van der Waals surface area contributed by atoms with Crippen LogP contribution in [-0.4, -0.2) is 4.57 Å². The molecule has 0 radical (unpaired) electrons. The van der Waals surface area contributed by atoms with Gasteiger partial charge in [0.05, 0.1) is 27.7 Å². The first-order valence-corrected chi connectivity index (χ1v) is 24.2. The van der Waals surface area contributed by atoms with Crippen molar-refractivity contribution in [1.82, 2.24) is 4.57 Å². The van der Waals surface area contributed by atoms with Crippen LogP contribution in [-0.2, 0) is 15.4 Å². The van der Waals surface area contributed by atoms with Crippen molar-refractivity contribution in [2.24, 2.45) is 0 Å². The molecule has 0 saturated heterocycles. The van der Waals surface area contributed by atoms with Gasteiger partial charge in [-0.2, -0.15) is 0 Å². The Morgan fingerprint density at radius 1 is 0.385 bits per heavy atom. The maximum Gasteiger partial charge on any atom is 0.301 e. The Hall–Kier alpha value is -7.39. The molecule has 13 rings (SSSR count). The van der Waals surface area contributed by atoms with E-state index in [2.05, 4.69) is 218 Å². The second-order valence-electron chi connectivity index (χ2n) is 18.9. The average molecular weight is 856 g/mol. The standard InChI is InChI=1S/C60H46N3OP/c1-59(2)50-26-14-11-22-45(50)47-33-31-41(37-52(47)59)62-55-35-30-39(44-25-17-29-56-58(44)49-24-13-16-28-54(49)61(56)40-18-7-5-8-19-40)36-57(55)63(65(62,64)43-20-9-6-10-21-43)42-32-34-48-46-23-12-15-27-51(46)60(3,4)53(48)38-42/h5-38H,1-4H3. The van der Waals surface area contributed by atoms with E-state index in [9.17, 15) is 0 Å². The van der Waals surface area contributed by atoms with Crippen LogP contribution in [0.5, 0.6) is 0 Å². The first-order valence-electron chi connectivity index (χ1n) is 22.6. The van der Waals surface area contributed by atoms with E-state index in [1.54, 1.807) is 0 Å². The molecule has 9 aromatic carbocycles. The number of hydrogen-bond acceptors (Lipinski definition) is 1. The molecule has 3 aliphatic rings. The van der Waals surface area contributed by atoms with Crippen molar-refractivity contribution >= 4 is 57.3 Å². The van der Waals surface area contributed by atoms with Gasteiger partial charge in [0.2, 0.25) is 0 Å². The molecular weight excluding hydrogens is 810 g/mol. The largest absolute Gasteiger partial charge is 0.309 e. The maximum absolute atomic E-state index is 17.3. The van der Waals surface area contributed by atoms with Crippen LogP contribution in [0.1, 0.15) is 49.9 Å². The summed E-state index contributed by atoms with van der Waals surface area (Å²) in [5.74, 6) is 0. The van der Waals surface area contributed by atoms with Crippen molar-refractivity contribution in [2.75, 3.05) is 9.34 Å². The minimum Gasteiger partial charge on any atom is -0.309 e. The molecule has 0 bridgehead atoms. The zero-order valence-corrected chi connectivity index (χ0v) is 37.7. The molecular formula is C60H46N3OP. The van der Waals surface area contributed by atoms with Gasteiger partial charge in [0.25, 0.3) is 0 Å². The topological polar surface area (TPSA) is 28.5 Å². The zero-order chi connectivity index (χ0) is 43.8. The van der Waals surface area contributed by atoms with Crippen LogP contribution in [0.2, 0.25) is 0 Å². The highest BCUT2D eigenvalue weighted by Crippen LogP contribution is 2.71. The van der Waals surface area contributed by atoms with Gasteiger partial charge in [-0.1, -0.05) is 161 Å². The van der Waals surface area contributed by atoms with E-state index in [4.69, 9.17) is 0 Å². The van der Waals surface area contributed by atoms with E-state index in [-0.39, 0.29) is 10.8 Å². The first kappa shape index (κ1) is 38.1. The summed E-state index contributed by atoms with van der Waals surface area (Å²) in [6.07, 6.45) is 0. The third-order valence-corrected chi connectivity index (χ3v) is 17.7. The Balaban J connectivity index is 1.08. The molecule has 1 unspecified atom stereocenters. The number of aromatic nitrogens is 1. The van der Waals surface area contributed by atoms with E-state index in [1.807, 2.05) is 30.3 Å². The average Bonchev–Trinajstić information content (AvgIpc) is 3.98. The second kappa shape index (κ2) is 13.6. The van der Waals surface area contributed by atoms with Crippen LogP contribution in [0, 0.1) is 0 Å². The van der Waals surface area contributed by atoms with Gasteiger partial charge in [0.1, 0.15) is 0 Å². The summed E-state index contributed by atoms with van der Waals surface area (Å²) in [7, 11) is -3.72. The van der Waals surface area contributed by atoms with Gasteiger partial charge in [-0.15, -0.1) is 0 Å². The molecule has 5 heteroatoms. The lowest BCUT2D eigenvalue weighted by Gasteiger charge is -2.34. The van der Waals surface area contributed by atoms with Crippen LogP contribution >= 0.6 is 7.44 Å². The summed E-state index contributed by atoms with van der Waals surface area (Å²) in [5, 5.41) is 3.16. The van der Waals surface area contributed by atoms with Crippen molar-refractivity contribution in [3.05, 3.63) is 229 Å². The predicted octanol–water partition coefficient (Wildman–Crippen LogP) is 15.9. The molecule has 0 amide bonds. The fourth-order valence-corrected chi connectivity index (χ4v) is 14.6. The molecule has 10 aromatic rings. The molecule has 0 spiro atoms. The van der Waals surface area contributed by atoms with Crippen LogP contribution < -0.4 is 14.6 Å². The summed E-state index contributed by atoms with van der Waals surface area (Å²) >= 11 is 0. The van der Waals surface area contributed by atoms with E-state index < -0.39 is 7.44 Å². The van der Waals surface area contributed by atoms with Crippen LogP contribution in [0.15, 0.2) is 206 Å². The molecule has 4 nitrogen and oxygen atoms in total. The molecule has 0 fully saturated rings. The van der Waals surface area contributed by atoms with E-state index in [0.29, 0.717) is 0 Å². The SMILES string of the molecule is CC1(C)c2ccccc2-c2ccc(N3c4ccc(-c5cccc6c5c5ccccc5n6-c5ccccc5)cc4N(c4ccc5c(c4)C(C)(C)c4ccccc4-5)P3(=O)c3ccccc3)cc21. The Morgan fingerprint density at radius 2 is 0.892 bits per heavy atom. The lowest BCUT2D eigenvalue weighted by atomic mass is 9.82. The lowest BCUT2D eigenvalue weighted by molar-refractivity contribution is 0.582. The highest BCUT2D eigenvalue weighted by molar-refractivity contribution is 7.76. The van der Waals surface area contributed by atoms with Gasteiger partial charge >= 0.3 is 7.44 Å². The third kappa shape index (κ3) is 5.18. The molecule has 1 aliphatic heterocycles. The second-order valence-corrected chi connectivity index (χ2v) is 21.3. The van der Waals surface area contributed by atoms with Crippen molar-refractivity contribution in [3.63, 3.8) is 0 Å². The van der Waals surface area contributed by atoms with Crippen molar-refractivity contribution in [3.8, 4) is 39.1 Å². The number of nitrogens with zero attached hydrogens (tertiary/aromatic N) is 3. The number of anilines is 4. The van der Waals surface area contributed by atoms with Crippen molar-refractivity contribution < 1.29 is 4.57 Å². The molecule has 2 heterocycles. The Kier molecular flexibility index (Phi) is 7.95. The van der Waals surface area contributed by atoms with E-state index in [0.717, 1.165) is 55.9 Å². The Morgan fingerprint density at radius 3 is 1.54 bits per heavy atom. The van der Waals surface area contributed by atoms with Gasteiger partial charge in [-0.25, -0.2) is 0 Å². The molecule has 1 aromatic heterocycles. The minimum atomic E-state index is -3.72. The number of benzene rings is 9. The predicted molar refractivity (Wildman–Crippen MR) is 272 cm³/mol. The van der Waals surface area contributed by atoms with Crippen LogP contribution in [0.3, 0.4) is 0 Å². The number of rotatable bonds is 5. The molecule has 0 saturated carbocycles. The van der Waals surface area contributed by atoms with Crippen LogP contribution in [0.4, 0.5) is 22.7 Å². The van der Waals surface area contributed by atoms with Gasteiger partial charge in [-0.05, 0) is 128 Å². The molecule has 0 N–H and O–H groups in total. The van der Waals surface area contributed by atoms with Crippen molar-refractivity contribution in [2.45, 2.75) is 38.5 Å². The minimum absolute atomic E-state index is 0.233. The summed E-state index contributed by atoms with van der Waals surface area (Å²) in [4.78, 5) is 0. The fraction of sp³-hybridized carbons (Fsp3) is 0.100. The monoisotopic (exact) mass is 855 g/mol. The quantitative estimate of drug-likeness (QED) is 0.162. The molecule has 2 aliphatic carbocycles. The third-order valence-electron chi connectivity index (χ3n) is 14.7. The van der Waals surface area contributed by atoms with Gasteiger partial charge in [-0.3, -0.25) is 13.9 Å². The van der Waals surface area contributed by atoms with Crippen LogP contribution in [0.25, 0.3) is 60.9 Å². The molecule has 65 heavy (non-hydrogen) atoms. The summed E-state index contributed by atoms with van der Waals surface area (Å²) in [6.45, 7) is 9.26. The first-order chi connectivity index (χ1) is 31.7. The van der Waals surface area contributed by atoms with Gasteiger partial charge in [0, 0.05) is 38.7 Å². The summed E-state index contributed by atoms with van der Waals surface area (Å²) in [5.41, 5.74) is 18.9. The highest BCUT2D eigenvalue weighted by atomic mass is 31.2. The summed E-state index contributed by atoms with van der Waals surface area (Å²) in [6, 6.07) is 74.0. The van der Waals surface area contributed by atoms with E-state index >= 15 is 4.57 Å². The normalized spacial score (nSPS) is 17.2. The highest BCUT2D eigenvalue weighted by Gasteiger charge is 2.50. The number of para-hydroxylation sites is 2. The smallest absolute Gasteiger partial charge is 0.301 e. The number of hydrogen-bond donors (Lipinski definition) is 0. The Labute approximate surface area is 380 Å². The lowest BCUT2D eigenvalue weighted by Crippen LogP contribution is -2.27. The fourth-order valence-electron chi connectivity index (χ4n) is 11.6.